The molecule has 0 aromatic heterocycles. The van der Waals surface area contributed by atoms with E-state index in [-0.39, 0.29) is 5.82 Å². The molecule has 0 spiro atoms. The molecule has 3 heteroatoms. The van der Waals surface area contributed by atoms with Crippen molar-refractivity contribution in [2.75, 3.05) is 19.3 Å². The van der Waals surface area contributed by atoms with E-state index in [1.807, 2.05) is 24.8 Å². The van der Waals surface area contributed by atoms with Crippen molar-refractivity contribution in [2.24, 2.45) is 0 Å². The summed E-state index contributed by atoms with van der Waals surface area (Å²) in [4.78, 5) is 3.63. The number of halogens is 1. The van der Waals surface area contributed by atoms with Gasteiger partial charge in [-0.25, -0.2) is 4.39 Å². The van der Waals surface area contributed by atoms with Gasteiger partial charge in [-0.05, 0) is 69.5 Å². The van der Waals surface area contributed by atoms with E-state index in [2.05, 4.69) is 18.0 Å². The van der Waals surface area contributed by atoms with Crippen molar-refractivity contribution in [3.8, 4) is 0 Å². The van der Waals surface area contributed by atoms with Crippen molar-refractivity contribution >= 4 is 11.8 Å². The lowest BCUT2D eigenvalue weighted by Gasteiger charge is -2.30. The second-order valence-electron chi connectivity index (χ2n) is 5.95. The molecule has 1 fully saturated rings. The van der Waals surface area contributed by atoms with Crippen molar-refractivity contribution < 1.29 is 4.39 Å². The normalized spacial score (nSPS) is 27.5. The number of thioether (sulfide) groups is 1. The van der Waals surface area contributed by atoms with Crippen LogP contribution in [0.5, 0.6) is 0 Å². The number of aryl methyl sites for hydroxylation is 1. The molecule has 2 aliphatic heterocycles. The van der Waals surface area contributed by atoms with Crippen molar-refractivity contribution in [1.82, 2.24) is 4.90 Å². The summed E-state index contributed by atoms with van der Waals surface area (Å²) in [5.41, 5.74) is 1.81. The summed E-state index contributed by atoms with van der Waals surface area (Å²) < 4.78 is 14.5. The number of likely N-dealkylation sites (tertiary alicyclic amines) is 1. The van der Waals surface area contributed by atoms with Gasteiger partial charge in [-0.1, -0.05) is 6.07 Å². The minimum atomic E-state index is 0.0512. The summed E-state index contributed by atoms with van der Waals surface area (Å²) in [6, 6.07) is 4.69. The molecule has 19 heavy (non-hydrogen) atoms. The molecule has 0 saturated carbocycles. The van der Waals surface area contributed by atoms with Crippen molar-refractivity contribution in [2.45, 2.75) is 49.5 Å². The van der Waals surface area contributed by atoms with Crippen molar-refractivity contribution in [1.29, 1.82) is 0 Å². The highest BCUT2D eigenvalue weighted by molar-refractivity contribution is 7.99. The van der Waals surface area contributed by atoms with Gasteiger partial charge in [0.25, 0.3) is 0 Å². The van der Waals surface area contributed by atoms with Gasteiger partial charge in [0.15, 0.2) is 0 Å². The Morgan fingerprint density at radius 1 is 1.37 bits per heavy atom. The van der Waals surface area contributed by atoms with E-state index in [0.717, 1.165) is 29.7 Å². The van der Waals surface area contributed by atoms with Crippen molar-refractivity contribution in [3.05, 3.63) is 29.1 Å². The first-order valence-corrected chi connectivity index (χ1v) is 8.27. The van der Waals surface area contributed by atoms with Gasteiger partial charge in [0.1, 0.15) is 5.82 Å². The Bertz CT molecular complexity index is 474. The molecule has 2 atom stereocenters. The molecule has 1 aromatic rings. The van der Waals surface area contributed by atoms with Crippen LogP contribution in [0.1, 0.15) is 42.7 Å². The minimum absolute atomic E-state index is 0.0512. The van der Waals surface area contributed by atoms with Gasteiger partial charge in [0, 0.05) is 16.5 Å². The fraction of sp³-hybridized carbons (Fsp3) is 0.625. The fourth-order valence-corrected chi connectivity index (χ4v) is 4.69. The topological polar surface area (TPSA) is 3.24 Å². The summed E-state index contributed by atoms with van der Waals surface area (Å²) in [6.45, 7) is 3.09. The lowest BCUT2D eigenvalue weighted by atomic mass is 9.87. The van der Waals surface area contributed by atoms with E-state index in [1.165, 1.54) is 24.3 Å². The van der Waals surface area contributed by atoms with Crippen LogP contribution < -0.4 is 0 Å². The molecule has 0 amide bonds. The van der Waals surface area contributed by atoms with Gasteiger partial charge in [-0.3, -0.25) is 0 Å². The Morgan fingerprint density at radius 3 is 2.95 bits per heavy atom. The highest BCUT2D eigenvalue weighted by Crippen LogP contribution is 2.43. The Hall–Kier alpha value is -0.540. The van der Waals surface area contributed by atoms with Crippen LogP contribution in [-0.2, 0) is 0 Å². The largest absolute Gasteiger partial charge is 0.303 e. The molecule has 0 unspecified atom stereocenters. The summed E-state index contributed by atoms with van der Waals surface area (Å²) >= 11 is 1.82. The van der Waals surface area contributed by atoms with Crippen LogP contribution >= 0.6 is 11.8 Å². The van der Waals surface area contributed by atoms with E-state index < -0.39 is 0 Å². The number of hydrogen-bond donors (Lipinski definition) is 0. The lowest BCUT2D eigenvalue weighted by Crippen LogP contribution is -2.28. The molecule has 2 heterocycles. The molecule has 0 bridgehead atoms. The zero-order valence-corrected chi connectivity index (χ0v) is 12.6. The third kappa shape index (κ3) is 2.55. The Morgan fingerprint density at radius 2 is 2.21 bits per heavy atom. The highest BCUT2D eigenvalue weighted by atomic mass is 32.2. The molecule has 104 valence electrons. The number of fused-ring (bicyclic) bond motifs is 1. The molecule has 3 rings (SSSR count). The molecule has 2 aliphatic rings. The van der Waals surface area contributed by atoms with Crippen LogP contribution in [0.3, 0.4) is 0 Å². The Labute approximate surface area is 119 Å². The summed E-state index contributed by atoms with van der Waals surface area (Å²) in [6.07, 6.45) is 4.83. The molecule has 1 aromatic carbocycles. The van der Waals surface area contributed by atoms with Crippen LogP contribution in [0.4, 0.5) is 4.39 Å². The highest BCUT2D eigenvalue weighted by Gasteiger charge is 2.30. The SMILES string of the molecule is Cc1ccc2c(c1F)[C@H](C[C@H]1CCCN1C)CCS2. The van der Waals surface area contributed by atoms with Gasteiger partial charge < -0.3 is 4.90 Å². The quantitative estimate of drug-likeness (QED) is 0.798. The molecule has 1 saturated heterocycles. The monoisotopic (exact) mass is 279 g/mol. The van der Waals surface area contributed by atoms with E-state index in [0.29, 0.717) is 12.0 Å². The molecular formula is C16H22FNS. The molecule has 0 N–H and O–H groups in total. The van der Waals surface area contributed by atoms with Gasteiger partial charge in [-0.15, -0.1) is 11.8 Å². The Kier molecular flexibility index (Phi) is 3.86. The number of benzene rings is 1. The van der Waals surface area contributed by atoms with Crippen LogP contribution in [0.15, 0.2) is 17.0 Å². The number of rotatable bonds is 2. The molecule has 1 nitrogen and oxygen atoms in total. The minimum Gasteiger partial charge on any atom is -0.303 e. The zero-order chi connectivity index (χ0) is 13.4. The number of nitrogens with zero attached hydrogens (tertiary/aromatic N) is 1. The number of hydrogen-bond acceptors (Lipinski definition) is 2. The predicted octanol–water partition coefficient (Wildman–Crippen LogP) is 4.20. The van der Waals surface area contributed by atoms with E-state index in [4.69, 9.17) is 0 Å². The second-order valence-corrected chi connectivity index (χ2v) is 7.09. The first-order chi connectivity index (χ1) is 9.16. The van der Waals surface area contributed by atoms with Crippen LogP contribution in [-0.4, -0.2) is 30.3 Å². The standard InChI is InChI=1S/C16H22FNS/c1-11-5-6-14-15(16(11)17)12(7-9-19-14)10-13-4-3-8-18(13)2/h5-6,12-13H,3-4,7-10H2,1-2H3/t12-,13+/m0/s1. The van der Waals surface area contributed by atoms with Gasteiger partial charge in [-0.2, -0.15) is 0 Å². The second kappa shape index (κ2) is 5.45. The van der Waals surface area contributed by atoms with Gasteiger partial charge >= 0.3 is 0 Å². The van der Waals surface area contributed by atoms with Crippen LogP contribution in [0.25, 0.3) is 0 Å². The van der Waals surface area contributed by atoms with Gasteiger partial charge in [0.2, 0.25) is 0 Å². The Balaban J connectivity index is 1.87. The summed E-state index contributed by atoms with van der Waals surface area (Å²) in [5, 5.41) is 0. The van der Waals surface area contributed by atoms with Gasteiger partial charge in [0.05, 0.1) is 0 Å². The molecule has 0 aliphatic carbocycles. The summed E-state index contributed by atoms with van der Waals surface area (Å²) in [7, 11) is 2.21. The molecular weight excluding hydrogens is 257 g/mol. The average Bonchev–Trinajstić information content (AvgIpc) is 2.80. The lowest BCUT2D eigenvalue weighted by molar-refractivity contribution is 0.277. The maximum Gasteiger partial charge on any atom is 0.130 e. The van der Waals surface area contributed by atoms with E-state index in [9.17, 15) is 4.39 Å². The van der Waals surface area contributed by atoms with Crippen LogP contribution in [0, 0.1) is 12.7 Å². The third-order valence-corrected chi connectivity index (χ3v) is 5.80. The third-order valence-electron chi connectivity index (χ3n) is 4.69. The van der Waals surface area contributed by atoms with Crippen LogP contribution in [0.2, 0.25) is 0 Å². The smallest absolute Gasteiger partial charge is 0.130 e. The van der Waals surface area contributed by atoms with E-state index >= 15 is 0 Å². The maximum absolute atomic E-state index is 14.5. The fourth-order valence-electron chi connectivity index (χ4n) is 3.49. The average molecular weight is 279 g/mol. The van der Waals surface area contributed by atoms with Crippen molar-refractivity contribution in [3.63, 3.8) is 0 Å². The summed E-state index contributed by atoms with van der Waals surface area (Å²) in [5.74, 6) is 1.61. The predicted molar refractivity (Wildman–Crippen MR) is 79.5 cm³/mol. The first-order valence-electron chi connectivity index (χ1n) is 7.29. The maximum atomic E-state index is 14.5. The molecule has 0 radical (unpaired) electrons. The first kappa shape index (κ1) is 13.4. The zero-order valence-electron chi connectivity index (χ0n) is 11.8. The van der Waals surface area contributed by atoms with E-state index in [1.54, 1.807) is 0 Å².